The van der Waals surface area contributed by atoms with Crippen molar-refractivity contribution in [3.05, 3.63) is 52.5 Å². The van der Waals surface area contributed by atoms with Crippen molar-refractivity contribution in [1.29, 1.82) is 0 Å². The number of carbonyl (C=O) groups excluding carboxylic acids is 2. The highest BCUT2D eigenvalue weighted by Crippen LogP contribution is 2.27. The number of benzene rings is 1. The molecule has 1 aromatic carbocycles. The topological polar surface area (TPSA) is 110 Å². The number of aromatic nitrogens is 1. The largest absolute Gasteiger partial charge is 0.443 e. The second-order valence-electron chi connectivity index (χ2n) is 9.38. The van der Waals surface area contributed by atoms with Gasteiger partial charge in [0.2, 0.25) is 0 Å². The minimum Gasteiger partial charge on any atom is -0.443 e. The van der Waals surface area contributed by atoms with Crippen LogP contribution in [0.4, 0.5) is 9.59 Å². The Kier molecular flexibility index (Phi) is 10.1. The van der Waals surface area contributed by atoms with Crippen molar-refractivity contribution in [1.82, 2.24) is 15.6 Å². The number of rotatable bonds is 10. The third-order valence-electron chi connectivity index (χ3n) is 4.60. The van der Waals surface area contributed by atoms with Crippen LogP contribution >= 0.6 is 11.3 Å². The number of alkyl carbamates (subject to hydrolysis) is 2. The summed E-state index contributed by atoms with van der Waals surface area (Å²) in [6, 6.07) is 9.40. The van der Waals surface area contributed by atoms with Gasteiger partial charge in [-0.05, 0) is 38.7 Å². The second-order valence-corrected chi connectivity index (χ2v) is 10.3. The molecule has 0 aliphatic carbocycles. The summed E-state index contributed by atoms with van der Waals surface area (Å²) in [6.07, 6.45) is -1.03. The number of amides is 2. The molecule has 3 N–H and O–H groups in total. The SMILES string of the molecule is CC(C)CC(OC(=O)NCC(O)C(Cc1ccccc1)OC(=O)NC(C)(C)C)c1cncs1. The normalized spacial score (nSPS) is 14.3. The number of carbonyl (C=O) groups is 2. The zero-order chi connectivity index (χ0) is 24.4. The first kappa shape index (κ1) is 26.6. The fraction of sp³-hybridized carbons (Fsp3) is 0.542. The van der Waals surface area contributed by atoms with Crippen LogP contribution in [0.5, 0.6) is 0 Å². The molecule has 0 bridgehead atoms. The summed E-state index contributed by atoms with van der Waals surface area (Å²) in [7, 11) is 0. The first-order valence-corrected chi connectivity index (χ1v) is 11.9. The van der Waals surface area contributed by atoms with Crippen molar-refractivity contribution >= 4 is 23.5 Å². The molecule has 3 unspecified atom stereocenters. The average molecular weight is 478 g/mol. The Hall–Kier alpha value is -2.65. The van der Waals surface area contributed by atoms with Gasteiger partial charge in [-0.2, -0.15) is 0 Å². The zero-order valence-electron chi connectivity index (χ0n) is 19.9. The third kappa shape index (κ3) is 10.2. The van der Waals surface area contributed by atoms with E-state index in [2.05, 4.69) is 15.6 Å². The summed E-state index contributed by atoms with van der Waals surface area (Å²) in [5.74, 6) is 0.320. The monoisotopic (exact) mass is 477 g/mol. The van der Waals surface area contributed by atoms with E-state index >= 15 is 0 Å². The van der Waals surface area contributed by atoms with E-state index in [1.54, 1.807) is 11.7 Å². The van der Waals surface area contributed by atoms with E-state index in [0.29, 0.717) is 18.8 Å². The Morgan fingerprint density at radius 3 is 2.39 bits per heavy atom. The van der Waals surface area contributed by atoms with Crippen LogP contribution in [0.25, 0.3) is 0 Å². The van der Waals surface area contributed by atoms with Gasteiger partial charge in [0, 0.05) is 18.2 Å². The number of aliphatic hydroxyl groups is 1. The highest BCUT2D eigenvalue weighted by atomic mass is 32.1. The summed E-state index contributed by atoms with van der Waals surface area (Å²) in [5, 5.41) is 16.1. The van der Waals surface area contributed by atoms with Gasteiger partial charge < -0.3 is 25.2 Å². The molecule has 0 saturated heterocycles. The van der Waals surface area contributed by atoms with Gasteiger partial charge in [-0.25, -0.2) is 9.59 Å². The van der Waals surface area contributed by atoms with E-state index in [-0.39, 0.29) is 6.54 Å². The Morgan fingerprint density at radius 2 is 1.82 bits per heavy atom. The number of ether oxygens (including phenoxy) is 2. The smallest absolute Gasteiger partial charge is 0.407 e. The zero-order valence-corrected chi connectivity index (χ0v) is 20.7. The lowest BCUT2D eigenvalue weighted by molar-refractivity contribution is 0.000434. The summed E-state index contributed by atoms with van der Waals surface area (Å²) in [4.78, 5) is 29.7. The Bertz CT molecular complexity index is 853. The first-order valence-electron chi connectivity index (χ1n) is 11.1. The lowest BCUT2D eigenvalue weighted by Crippen LogP contribution is -2.47. The van der Waals surface area contributed by atoms with Gasteiger partial charge in [-0.3, -0.25) is 4.98 Å². The van der Waals surface area contributed by atoms with Crippen LogP contribution in [-0.4, -0.2) is 46.6 Å². The summed E-state index contributed by atoms with van der Waals surface area (Å²) in [5.41, 5.74) is 2.11. The Balaban J connectivity index is 1.99. The highest BCUT2D eigenvalue weighted by molar-refractivity contribution is 7.09. The predicted molar refractivity (Wildman–Crippen MR) is 128 cm³/mol. The quantitative estimate of drug-likeness (QED) is 0.466. The third-order valence-corrected chi connectivity index (χ3v) is 5.47. The molecule has 1 aromatic heterocycles. The van der Waals surface area contributed by atoms with Gasteiger partial charge in [0.25, 0.3) is 0 Å². The van der Waals surface area contributed by atoms with Gasteiger partial charge in [0.05, 0.1) is 16.9 Å². The van der Waals surface area contributed by atoms with Crippen molar-refractivity contribution in [2.24, 2.45) is 5.92 Å². The maximum absolute atomic E-state index is 12.4. The van der Waals surface area contributed by atoms with Crippen LogP contribution in [0, 0.1) is 5.92 Å². The average Bonchev–Trinajstić information content (AvgIpc) is 3.25. The standard InChI is InChI=1S/C24H35N3O5S/c1-16(2)11-20(21-14-25-15-33-21)32-22(29)26-13-18(28)19(12-17-9-7-6-8-10-17)31-23(30)27-24(3,4)5/h6-10,14-16,18-20,28H,11-13H2,1-5H3,(H,26,29)(H,27,30). The molecule has 8 nitrogen and oxygen atoms in total. The van der Waals surface area contributed by atoms with E-state index in [1.807, 2.05) is 65.0 Å². The fourth-order valence-electron chi connectivity index (χ4n) is 3.10. The van der Waals surface area contributed by atoms with E-state index in [4.69, 9.17) is 9.47 Å². The number of hydrogen-bond donors (Lipinski definition) is 3. The van der Waals surface area contributed by atoms with Crippen LogP contribution in [0.2, 0.25) is 0 Å². The summed E-state index contributed by atoms with van der Waals surface area (Å²) in [6.45, 7) is 9.48. The van der Waals surface area contributed by atoms with Gasteiger partial charge in [0.1, 0.15) is 18.3 Å². The van der Waals surface area contributed by atoms with E-state index in [9.17, 15) is 14.7 Å². The van der Waals surface area contributed by atoms with Crippen molar-refractivity contribution in [2.75, 3.05) is 6.54 Å². The lowest BCUT2D eigenvalue weighted by Gasteiger charge is -2.27. The molecular weight excluding hydrogens is 442 g/mol. The molecule has 0 fully saturated rings. The maximum atomic E-state index is 12.4. The molecule has 0 radical (unpaired) electrons. The Labute approximate surface area is 199 Å². The van der Waals surface area contributed by atoms with Crippen molar-refractivity contribution < 1.29 is 24.2 Å². The van der Waals surface area contributed by atoms with Crippen LogP contribution in [0.3, 0.4) is 0 Å². The molecule has 9 heteroatoms. The number of thiazole rings is 1. The molecule has 0 spiro atoms. The highest BCUT2D eigenvalue weighted by Gasteiger charge is 2.27. The number of aliphatic hydroxyl groups excluding tert-OH is 1. The van der Waals surface area contributed by atoms with Crippen LogP contribution < -0.4 is 10.6 Å². The van der Waals surface area contributed by atoms with E-state index in [0.717, 1.165) is 10.4 Å². The second kappa shape index (κ2) is 12.6. The van der Waals surface area contributed by atoms with Gasteiger partial charge in [-0.15, -0.1) is 11.3 Å². The van der Waals surface area contributed by atoms with Crippen molar-refractivity contribution in [3.8, 4) is 0 Å². The van der Waals surface area contributed by atoms with Crippen molar-refractivity contribution in [3.63, 3.8) is 0 Å². The minimum absolute atomic E-state index is 0.129. The maximum Gasteiger partial charge on any atom is 0.407 e. The molecule has 2 amide bonds. The first-order chi connectivity index (χ1) is 15.5. The fourth-order valence-corrected chi connectivity index (χ4v) is 3.76. The van der Waals surface area contributed by atoms with Crippen LogP contribution in [-0.2, 0) is 15.9 Å². The lowest BCUT2D eigenvalue weighted by atomic mass is 10.0. The molecule has 0 saturated carbocycles. The van der Waals surface area contributed by atoms with Gasteiger partial charge in [-0.1, -0.05) is 44.2 Å². The molecule has 1 heterocycles. The van der Waals surface area contributed by atoms with Gasteiger partial charge in [0.15, 0.2) is 0 Å². The van der Waals surface area contributed by atoms with E-state index in [1.165, 1.54) is 11.3 Å². The molecule has 182 valence electrons. The molecule has 33 heavy (non-hydrogen) atoms. The molecule has 0 aliphatic heterocycles. The molecular formula is C24H35N3O5S. The Morgan fingerprint density at radius 1 is 1.12 bits per heavy atom. The molecule has 3 atom stereocenters. The summed E-state index contributed by atoms with van der Waals surface area (Å²) < 4.78 is 11.1. The van der Waals surface area contributed by atoms with Crippen molar-refractivity contribution in [2.45, 2.75) is 71.3 Å². The van der Waals surface area contributed by atoms with E-state index < -0.39 is 36.0 Å². The minimum atomic E-state index is -1.13. The van der Waals surface area contributed by atoms with Crippen LogP contribution in [0.15, 0.2) is 42.0 Å². The summed E-state index contributed by atoms with van der Waals surface area (Å²) >= 11 is 1.43. The number of hydrogen-bond acceptors (Lipinski definition) is 7. The molecule has 0 aliphatic rings. The van der Waals surface area contributed by atoms with Gasteiger partial charge >= 0.3 is 12.2 Å². The predicted octanol–water partition coefficient (Wildman–Crippen LogP) is 4.45. The molecule has 2 aromatic rings. The molecule has 2 rings (SSSR count). The number of nitrogens with zero attached hydrogens (tertiary/aromatic N) is 1. The number of nitrogens with one attached hydrogen (secondary N) is 2. The van der Waals surface area contributed by atoms with Crippen LogP contribution in [0.1, 0.15) is 57.6 Å².